The van der Waals surface area contributed by atoms with Crippen LogP contribution >= 0.6 is 0 Å². The fourth-order valence-corrected chi connectivity index (χ4v) is 3.69. The number of hydrogen-bond acceptors (Lipinski definition) is 3. The highest BCUT2D eigenvalue weighted by Gasteiger charge is 2.29. The molecule has 2 heterocycles. The summed E-state index contributed by atoms with van der Waals surface area (Å²) >= 11 is 0. The molecule has 6 nitrogen and oxygen atoms in total. The largest absolute Gasteiger partial charge is 0.356 e. The van der Waals surface area contributed by atoms with Crippen molar-refractivity contribution < 1.29 is 0 Å². The van der Waals surface area contributed by atoms with Crippen LogP contribution in [0, 0.1) is 5.92 Å². The number of hydrogen-bond donors (Lipinski definition) is 2. The Kier molecular flexibility index (Phi) is 6.87. The lowest BCUT2D eigenvalue weighted by molar-refractivity contribution is 0.258. The van der Waals surface area contributed by atoms with E-state index in [1.54, 1.807) is 0 Å². The molecular formula is C21H32N6. The summed E-state index contributed by atoms with van der Waals surface area (Å²) in [5, 5.41) is 11.3. The van der Waals surface area contributed by atoms with Gasteiger partial charge in [-0.25, -0.2) is 0 Å². The first-order valence-corrected chi connectivity index (χ1v) is 9.86. The summed E-state index contributed by atoms with van der Waals surface area (Å²) in [5.74, 6) is 1.36. The number of nitrogens with zero attached hydrogens (tertiary/aromatic N) is 4. The van der Waals surface area contributed by atoms with Crippen LogP contribution in [0.25, 0.3) is 0 Å². The molecule has 0 saturated carbocycles. The van der Waals surface area contributed by atoms with Crippen LogP contribution in [0.1, 0.15) is 25.8 Å². The molecular weight excluding hydrogens is 336 g/mol. The van der Waals surface area contributed by atoms with Gasteiger partial charge in [0.1, 0.15) is 0 Å². The van der Waals surface area contributed by atoms with Crippen molar-refractivity contribution in [3.8, 4) is 0 Å². The maximum absolute atomic E-state index is 4.41. The van der Waals surface area contributed by atoms with E-state index >= 15 is 0 Å². The molecule has 0 spiro atoms. The molecule has 2 N–H and O–H groups in total. The van der Waals surface area contributed by atoms with E-state index in [1.165, 1.54) is 5.56 Å². The van der Waals surface area contributed by atoms with Gasteiger partial charge in [0.15, 0.2) is 5.96 Å². The second kappa shape index (κ2) is 9.55. The Bertz CT molecular complexity index is 697. The third kappa shape index (κ3) is 5.82. The van der Waals surface area contributed by atoms with E-state index in [0.717, 1.165) is 38.6 Å². The predicted octanol–water partition coefficient (Wildman–Crippen LogP) is 2.35. The lowest BCUT2D eigenvalue weighted by Crippen LogP contribution is -2.45. The van der Waals surface area contributed by atoms with E-state index in [4.69, 9.17) is 0 Å². The fourth-order valence-electron chi connectivity index (χ4n) is 3.69. The first kappa shape index (κ1) is 19.4. The second-order valence-electron chi connectivity index (χ2n) is 7.63. The predicted molar refractivity (Wildman–Crippen MR) is 111 cm³/mol. The first-order chi connectivity index (χ1) is 13.1. The molecule has 2 aromatic rings. The standard InChI is InChI=1S/C21H32N6/c1-17(14-27-11-7-10-24-27)13-23-21(22-3)25-20-12-18(2)26(16-20)15-19-8-5-4-6-9-19/h4-11,17-18,20H,12-16H2,1-3H3,(H2,22,23,25). The zero-order chi connectivity index (χ0) is 19.1. The van der Waals surface area contributed by atoms with Gasteiger partial charge in [0.05, 0.1) is 0 Å². The van der Waals surface area contributed by atoms with E-state index in [1.807, 2.05) is 30.2 Å². The molecule has 3 atom stereocenters. The van der Waals surface area contributed by atoms with Gasteiger partial charge in [0.2, 0.25) is 0 Å². The van der Waals surface area contributed by atoms with E-state index in [2.05, 4.69) is 69.8 Å². The number of likely N-dealkylation sites (tertiary alicyclic amines) is 1. The first-order valence-electron chi connectivity index (χ1n) is 9.86. The molecule has 1 aromatic carbocycles. The van der Waals surface area contributed by atoms with Gasteiger partial charge in [-0.1, -0.05) is 37.3 Å². The SMILES string of the molecule is CN=C(NCC(C)Cn1cccn1)NC1CC(C)N(Cc2ccccc2)C1. The smallest absolute Gasteiger partial charge is 0.191 e. The lowest BCUT2D eigenvalue weighted by atomic mass is 10.2. The highest BCUT2D eigenvalue weighted by Crippen LogP contribution is 2.20. The van der Waals surface area contributed by atoms with Gasteiger partial charge in [-0.3, -0.25) is 14.6 Å². The Morgan fingerprint density at radius 1 is 1.30 bits per heavy atom. The minimum Gasteiger partial charge on any atom is -0.356 e. The number of aromatic nitrogens is 2. The minimum absolute atomic E-state index is 0.427. The summed E-state index contributed by atoms with van der Waals surface area (Å²) in [7, 11) is 1.84. The van der Waals surface area contributed by atoms with Gasteiger partial charge in [0.25, 0.3) is 0 Å². The molecule has 0 radical (unpaired) electrons. The normalized spacial score (nSPS) is 22.0. The van der Waals surface area contributed by atoms with Gasteiger partial charge in [0, 0.05) is 57.7 Å². The third-order valence-corrected chi connectivity index (χ3v) is 5.17. The van der Waals surface area contributed by atoms with E-state index in [0.29, 0.717) is 18.0 Å². The number of benzene rings is 1. The van der Waals surface area contributed by atoms with Crippen molar-refractivity contribution in [1.82, 2.24) is 25.3 Å². The van der Waals surface area contributed by atoms with Crippen molar-refractivity contribution in [2.45, 2.75) is 45.4 Å². The van der Waals surface area contributed by atoms with Crippen molar-refractivity contribution in [2.75, 3.05) is 20.1 Å². The molecule has 0 aliphatic carbocycles. The quantitative estimate of drug-likeness (QED) is 0.582. The zero-order valence-corrected chi connectivity index (χ0v) is 16.7. The highest BCUT2D eigenvalue weighted by atomic mass is 15.3. The summed E-state index contributed by atoms with van der Waals surface area (Å²) in [6.45, 7) is 8.36. The molecule has 3 rings (SSSR count). The van der Waals surface area contributed by atoms with Crippen LogP contribution < -0.4 is 10.6 Å². The van der Waals surface area contributed by atoms with E-state index in [-0.39, 0.29) is 0 Å². The molecule has 1 aromatic heterocycles. The zero-order valence-electron chi connectivity index (χ0n) is 16.7. The molecule has 1 saturated heterocycles. The summed E-state index contributed by atoms with van der Waals surface area (Å²) < 4.78 is 1.97. The van der Waals surface area contributed by atoms with Crippen molar-refractivity contribution in [3.05, 3.63) is 54.4 Å². The Morgan fingerprint density at radius 2 is 2.11 bits per heavy atom. The number of aliphatic imine (C=N–C) groups is 1. The average molecular weight is 369 g/mol. The summed E-state index contributed by atoms with van der Waals surface area (Å²) in [6.07, 6.45) is 4.96. The molecule has 3 unspecified atom stereocenters. The summed E-state index contributed by atoms with van der Waals surface area (Å²) in [4.78, 5) is 6.95. The van der Waals surface area contributed by atoms with Crippen LogP contribution in [0.15, 0.2) is 53.8 Å². The Morgan fingerprint density at radius 3 is 2.81 bits per heavy atom. The Balaban J connectivity index is 1.44. The van der Waals surface area contributed by atoms with Crippen molar-refractivity contribution in [3.63, 3.8) is 0 Å². The van der Waals surface area contributed by atoms with Crippen LogP contribution in [0.5, 0.6) is 0 Å². The third-order valence-electron chi connectivity index (χ3n) is 5.17. The topological polar surface area (TPSA) is 57.5 Å². The molecule has 27 heavy (non-hydrogen) atoms. The molecule has 1 fully saturated rings. The maximum atomic E-state index is 4.41. The van der Waals surface area contributed by atoms with Crippen LogP contribution in [0.4, 0.5) is 0 Å². The van der Waals surface area contributed by atoms with Crippen molar-refractivity contribution in [1.29, 1.82) is 0 Å². The number of guanidine groups is 1. The highest BCUT2D eigenvalue weighted by molar-refractivity contribution is 5.80. The van der Waals surface area contributed by atoms with Gasteiger partial charge in [-0.05, 0) is 30.9 Å². The Labute approximate surface area is 162 Å². The monoisotopic (exact) mass is 368 g/mol. The number of rotatable bonds is 7. The van der Waals surface area contributed by atoms with Crippen molar-refractivity contribution in [2.24, 2.45) is 10.9 Å². The van der Waals surface area contributed by atoms with Gasteiger partial charge < -0.3 is 10.6 Å². The molecule has 146 valence electrons. The lowest BCUT2D eigenvalue weighted by Gasteiger charge is -2.21. The van der Waals surface area contributed by atoms with Gasteiger partial charge >= 0.3 is 0 Å². The van der Waals surface area contributed by atoms with Crippen LogP contribution in [0.3, 0.4) is 0 Å². The van der Waals surface area contributed by atoms with Gasteiger partial charge in [-0.15, -0.1) is 0 Å². The molecule has 1 aliphatic heterocycles. The van der Waals surface area contributed by atoms with Crippen LogP contribution in [-0.2, 0) is 13.1 Å². The molecule has 0 amide bonds. The average Bonchev–Trinajstić information content (AvgIpc) is 3.29. The number of nitrogens with one attached hydrogen (secondary N) is 2. The molecule has 6 heteroatoms. The minimum atomic E-state index is 0.427. The fraction of sp³-hybridized carbons (Fsp3) is 0.524. The van der Waals surface area contributed by atoms with Crippen LogP contribution in [-0.4, -0.2) is 52.9 Å². The van der Waals surface area contributed by atoms with Crippen molar-refractivity contribution >= 4 is 5.96 Å². The second-order valence-corrected chi connectivity index (χ2v) is 7.63. The maximum Gasteiger partial charge on any atom is 0.191 e. The summed E-state index contributed by atoms with van der Waals surface area (Å²) in [5.41, 5.74) is 1.37. The Hall–Kier alpha value is -2.34. The molecule has 0 bridgehead atoms. The van der Waals surface area contributed by atoms with E-state index < -0.39 is 0 Å². The van der Waals surface area contributed by atoms with Crippen LogP contribution in [0.2, 0.25) is 0 Å². The summed E-state index contributed by atoms with van der Waals surface area (Å²) in [6, 6.07) is 13.7. The molecule has 1 aliphatic rings. The van der Waals surface area contributed by atoms with Gasteiger partial charge in [-0.2, -0.15) is 5.10 Å². The van der Waals surface area contributed by atoms with E-state index in [9.17, 15) is 0 Å².